The van der Waals surface area contributed by atoms with Crippen LogP contribution >= 0.6 is 0 Å². The van der Waals surface area contributed by atoms with Crippen LogP contribution in [0.3, 0.4) is 0 Å². The van der Waals surface area contributed by atoms with Crippen LogP contribution in [0.2, 0.25) is 0 Å². The Labute approximate surface area is 227 Å². The number of hydrogen-bond acceptors (Lipinski definition) is 8. The van der Waals surface area contributed by atoms with Crippen molar-refractivity contribution in [2.24, 2.45) is 17.2 Å². The molecule has 0 saturated carbocycles. The molecule has 216 valence electrons. The zero-order valence-electron chi connectivity index (χ0n) is 21.2. The number of amides is 5. The predicted molar refractivity (Wildman–Crippen MR) is 138 cm³/mol. The first-order valence-corrected chi connectivity index (χ1v) is 12.0. The van der Waals surface area contributed by atoms with Crippen LogP contribution in [0.15, 0.2) is 30.5 Å². The molecule has 16 heteroatoms. The minimum absolute atomic E-state index is 0.141. The monoisotopic (exact) mass is 561 g/mol. The molecule has 0 spiro atoms. The quantitative estimate of drug-likeness (QED) is 0.101. The molecule has 1 aromatic heterocycles. The summed E-state index contributed by atoms with van der Waals surface area (Å²) in [4.78, 5) is 86.9. The van der Waals surface area contributed by atoms with E-state index in [0.717, 1.165) is 10.9 Å². The molecule has 0 aliphatic rings. The van der Waals surface area contributed by atoms with E-state index in [1.54, 1.807) is 30.5 Å². The molecule has 0 aliphatic carbocycles. The number of hydrogen-bond donors (Lipinski definition) is 9. The lowest BCUT2D eigenvalue weighted by molar-refractivity contribution is -0.142. The average molecular weight is 562 g/mol. The number of benzene rings is 1. The fourth-order valence-corrected chi connectivity index (χ4v) is 3.80. The number of para-hydroxylation sites is 1. The largest absolute Gasteiger partial charge is 0.481 e. The Morgan fingerprint density at radius 3 is 1.98 bits per heavy atom. The van der Waals surface area contributed by atoms with Crippen LogP contribution in [0.5, 0.6) is 0 Å². The molecule has 1 aromatic carbocycles. The molecule has 0 bridgehead atoms. The number of carboxylic acids is 2. The molecule has 16 nitrogen and oxygen atoms in total. The number of carbonyl (C=O) groups excluding carboxylic acids is 5. The van der Waals surface area contributed by atoms with Crippen molar-refractivity contribution in [3.63, 3.8) is 0 Å². The van der Waals surface area contributed by atoms with Gasteiger partial charge >= 0.3 is 11.9 Å². The maximum atomic E-state index is 13.0. The first kappa shape index (κ1) is 31.2. The third-order valence-corrected chi connectivity index (χ3v) is 5.79. The number of H-pyrrole nitrogens is 1. The Kier molecular flexibility index (Phi) is 11.1. The Balaban J connectivity index is 2.20. The second-order valence-corrected chi connectivity index (χ2v) is 8.97. The smallest absolute Gasteiger partial charge is 0.326 e. The summed E-state index contributed by atoms with van der Waals surface area (Å²) in [6, 6.07) is 0.966. The molecule has 2 rings (SSSR count). The fourth-order valence-electron chi connectivity index (χ4n) is 3.80. The van der Waals surface area contributed by atoms with E-state index >= 15 is 0 Å². The number of primary amides is 2. The molecule has 4 atom stereocenters. The van der Waals surface area contributed by atoms with Gasteiger partial charge in [-0.05, 0) is 18.1 Å². The summed E-state index contributed by atoms with van der Waals surface area (Å²) in [6.45, 7) is 0. The van der Waals surface area contributed by atoms with Gasteiger partial charge in [-0.2, -0.15) is 0 Å². The predicted octanol–water partition coefficient (Wildman–Crippen LogP) is -2.81. The second kappa shape index (κ2) is 14.2. The van der Waals surface area contributed by atoms with Gasteiger partial charge < -0.3 is 48.3 Å². The van der Waals surface area contributed by atoms with Crippen molar-refractivity contribution in [3.05, 3.63) is 36.0 Å². The van der Waals surface area contributed by atoms with Gasteiger partial charge in [0.1, 0.15) is 18.1 Å². The topological polar surface area (TPSA) is 290 Å². The van der Waals surface area contributed by atoms with Gasteiger partial charge in [0.25, 0.3) is 0 Å². The summed E-state index contributed by atoms with van der Waals surface area (Å²) >= 11 is 0. The van der Waals surface area contributed by atoms with Crippen LogP contribution in [0.1, 0.15) is 31.2 Å². The first-order valence-electron chi connectivity index (χ1n) is 12.0. The van der Waals surface area contributed by atoms with Crippen LogP contribution < -0.4 is 33.2 Å². The average Bonchev–Trinajstić information content (AvgIpc) is 3.27. The highest BCUT2D eigenvalue weighted by Gasteiger charge is 2.32. The number of rotatable bonds is 16. The Bertz CT molecular complexity index is 1290. The van der Waals surface area contributed by atoms with E-state index in [1.807, 2.05) is 0 Å². The number of carboxylic acid groups (broad SMARTS) is 2. The number of aliphatic carboxylic acids is 2. The molecule has 0 radical (unpaired) electrons. The van der Waals surface area contributed by atoms with Gasteiger partial charge in [-0.1, -0.05) is 18.2 Å². The number of fused-ring (bicyclic) bond motifs is 1. The second-order valence-electron chi connectivity index (χ2n) is 8.97. The van der Waals surface area contributed by atoms with Crippen LogP contribution in [0.4, 0.5) is 0 Å². The molecule has 2 aromatic rings. The standard InChI is InChI=1S/C24H31N7O9/c25-13(8-18(26)32)21(36)29-15(5-6-20(34)35)22(37)30-16(9-19(27)33)23(38)31-17(24(39)40)7-11-10-28-14-4-2-1-3-12(11)14/h1-4,10,13,15-17,28H,5-9,25H2,(H2,26,32)(H2,27,33)(H,29,36)(H,30,37)(H,31,38)(H,34,35)(H,39,40). The molecule has 12 N–H and O–H groups in total. The van der Waals surface area contributed by atoms with Crippen LogP contribution in [-0.2, 0) is 40.0 Å². The maximum Gasteiger partial charge on any atom is 0.326 e. The number of nitrogens with two attached hydrogens (primary N) is 3. The molecule has 5 amide bonds. The summed E-state index contributed by atoms with van der Waals surface area (Å²) in [5, 5.41) is 26.1. The van der Waals surface area contributed by atoms with Crippen molar-refractivity contribution in [1.29, 1.82) is 0 Å². The van der Waals surface area contributed by atoms with Gasteiger partial charge in [-0.3, -0.25) is 28.8 Å². The van der Waals surface area contributed by atoms with Crippen LogP contribution in [0, 0.1) is 0 Å². The molecular formula is C24H31N7O9. The van der Waals surface area contributed by atoms with Crippen molar-refractivity contribution in [2.75, 3.05) is 0 Å². The Morgan fingerprint density at radius 1 is 0.800 bits per heavy atom. The van der Waals surface area contributed by atoms with Gasteiger partial charge in [0.05, 0.1) is 18.9 Å². The Morgan fingerprint density at radius 2 is 1.38 bits per heavy atom. The number of aromatic nitrogens is 1. The van der Waals surface area contributed by atoms with Gasteiger partial charge in [-0.25, -0.2) is 4.79 Å². The normalized spacial score (nSPS) is 13.8. The molecule has 40 heavy (non-hydrogen) atoms. The highest BCUT2D eigenvalue weighted by atomic mass is 16.4. The zero-order chi connectivity index (χ0) is 30.0. The van der Waals surface area contributed by atoms with Crippen molar-refractivity contribution >= 4 is 52.4 Å². The van der Waals surface area contributed by atoms with E-state index in [0.29, 0.717) is 5.56 Å². The first-order chi connectivity index (χ1) is 18.8. The number of nitrogens with one attached hydrogen (secondary N) is 4. The van der Waals surface area contributed by atoms with Crippen molar-refractivity contribution in [1.82, 2.24) is 20.9 Å². The minimum atomic E-state index is -1.67. The summed E-state index contributed by atoms with van der Waals surface area (Å²) < 4.78 is 0. The molecule has 1 heterocycles. The summed E-state index contributed by atoms with van der Waals surface area (Å²) in [6.07, 6.45) is -0.872. The van der Waals surface area contributed by atoms with E-state index in [2.05, 4.69) is 20.9 Å². The van der Waals surface area contributed by atoms with E-state index in [9.17, 15) is 38.7 Å². The van der Waals surface area contributed by atoms with E-state index < -0.39 is 91.3 Å². The summed E-state index contributed by atoms with van der Waals surface area (Å²) in [5.41, 5.74) is 17.1. The lowest BCUT2D eigenvalue weighted by Gasteiger charge is -2.24. The van der Waals surface area contributed by atoms with Crippen molar-refractivity contribution in [3.8, 4) is 0 Å². The maximum absolute atomic E-state index is 13.0. The van der Waals surface area contributed by atoms with Gasteiger partial charge in [0.15, 0.2) is 0 Å². The molecule has 4 unspecified atom stereocenters. The number of aromatic amines is 1. The summed E-state index contributed by atoms with van der Waals surface area (Å²) in [7, 11) is 0. The third kappa shape index (κ3) is 9.39. The minimum Gasteiger partial charge on any atom is -0.481 e. The van der Waals surface area contributed by atoms with Gasteiger partial charge in [-0.15, -0.1) is 0 Å². The lowest BCUT2D eigenvalue weighted by Crippen LogP contribution is -2.58. The molecule has 0 fully saturated rings. The zero-order valence-corrected chi connectivity index (χ0v) is 21.2. The molecular weight excluding hydrogens is 530 g/mol. The van der Waals surface area contributed by atoms with Crippen LogP contribution in [0.25, 0.3) is 10.9 Å². The van der Waals surface area contributed by atoms with Crippen molar-refractivity contribution in [2.45, 2.75) is 56.3 Å². The van der Waals surface area contributed by atoms with E-state index in [-0.39, 0.29) is 6.42 Å². The number of carbonyl (C=O) groups is 7. The third-order valence-electron chi connectivity index (χ3n) is 5.79. The molecule has 0 aliphatic heterocycles. The van der Waals surface area contributed by atoms with Gasteiger partial charge in [0, 0.05) is 29.9 Å². The Hall–Kier alpha value is -4.99. The van der Waals surface area contributed by atoms with Crippen molar-refractivity contribution < 1.29 is 43.8 Å². The van der Waals surface area contributed by atoms with E-state index in [1.165, 1.54) is 0 Å². The van der Waals surface area contributed by atoms with Crippen LogP contribution in [-0.4, -0.2) is 80.8 Å². The summed E-state index contributed by atoms with van der Waals surface area (Å²) in [5.74, 6) is -7.74. The van der Waals surface area contributed by atoms with Gasteiger partial charge in [0.2, 0.25) is 29.5 Å². The lowest BCUT2D eigenvalue weighted by atomic mass is 10.0. The molecule has 0 saturated heterocycles. The fraction of sp³-hybridized carbons (Fsp3) is 0.375. The SMILES string of the molecule is NC(=O)CC(N)C(=O)NC(CCC(=O)O)C(=O)NC(CC(N)=O)C(=O)NC(Cc1c[nH]c2ccccc12)C(=O)O. The van der Waals surface area contributed by atoms with E-state index in [4.69, 9.17) is 22.3 Å². The highest BCUT2D eigenvalue weighted by molar-refractivity contribution is 5.97. The highest BCUT2D eigenvalue weighted by Crippen LogP contribution is 2.19.